The number of likely N-dealkylation sites (tertiary alicyclic amines) is 2. The smallest absolute Gasteiger partial charge is 0.254 e. The molecule has 0 bridgehead atoms. The summed E-state index contributed by atoms with van der Waals surface area (Å²) in [6.45, 7) is 5.40. The number of hydrogen-bond acceptors (Lipinski definition) is 3. The van der Waals surface area contributed by atoms with Crippen molar-refractivity contribution in [2.45, 2.75) is 44.7 Å². The lowest BCUT2D eigenvalue weighted by atomic mass is 10.1. The van der Waals surface area contributed by atoms with Crippen LogP contribution in [0.5, 0.6) is 0 Å². The molecule has 2 atom stereocenters. The van der Waals surface area contributed by atoms with Crippen LogP contribution in [0.25, 0.3) is 11.4 Å². The zero-order valence-electron chi connectivity index (χ0n) is 15.8. The molecule has 0 saturated carbocycles. The van der Waals surface area contributed by atoms with E-state index in [1.807, 2.05) is 42.1 Å². The number of nitrogens with zero attached hydrogens (tertiary/aromatic N) is 4. The lowest BCUT2D eigenvalue weighted by Gasteiger charge is -2.30. The molecule has 2 aromatic rings. The summed E-state index contributed by atoms with van der Waals surface area (Å²) in [7, 11) is 1.98. The van der Waals surface area contributed by atoms with Crippen molar-refractivity contribution in [3.8, 4) is 11.4 Å². The molecule has 5 heteroatoms. The second-order valence-corrected chi connectivity index (χ2v) is 7.72. The summed E-state index contributed by atoms with van der Waals surface area (Å²) >= 11 is 0. The average Bonchev–Trinajstić information content (AvgIpc) is 3.38. The Labute approximate surface area is 155 Å². The van der Waals surface area contributed by atoms with Gasteiger partial charge in [-0.2, -0.15) is 0 Å². The van der Waals surface area contributed by atoms with Crippen LogP contribution in [0.4, 0.5) is 0 Å². The topological polar surface area (TPSA) is 41.4 Å². The van der Waals surface area contributed by atoms with Crippen LogP contribution in [0.1, 0.15) is 43.0 Å². The van der Waals surface area contributed by atoms with Crippen molar-refractivity contribution < 1.29 is 4.79 Å². The van der Waals surface area contributed by atoms with E-state index in [0.717, 1.165) is 42.9 Å². The molecule has 138 valence electrons. The van der Waals surface area contributed by atoms with Crippen molar-refractivity contribution >= 4 is 5.91 Å². The molecule has 2 fully saturated rings. The quantitative estimate of drug-likeness (QED) is 0.849. The molecule has 2 aliphatic heterocycles. The minimum atomic E-state index is 0.172. The monoisotopic (exact) mass is 352 g/mol. The van der Waals surface area contributed by atoms with Crippen LogP contribution in [-0.2, 0) is 7.05 Å². The molecule has 2 unspecified atom stereocenters. The molecule has 4 rings (SSSR count). The standard InChI is InChI=1S/C21H28N4O/c1-16-5-3-12-24(16)15-19-6-4-13-25(19)21(26)18-9-7-17(8-10-18)20-22-11-14-23(20)2/h7-11,14,16,19H,3-6,12-13,15H2,1-2H3. The highest BCUT2D eigenvalue weighted by Gasteiger charge is 2.32. The van der Waals surface area contributed by atoms with Gasteiger partial charge < -0.3 is 9.47 Å². The summed E-state index contributed by atoms with van der Waals surface area (Å²) in [5.41, 5.74) is 1.82. The van der Waals surface area contributed by atoms with E-state index in [2.05, 4.69) is 21.7 Å². The van der Waals surface area contributed by atoms with Gasteiger partial charge in [0.2, 0.25) is 0 Å². The van der Waals surface area contributed by atoms with Crippen LogP contribution in [0.15, 0.2) is 36.7 Å². The highest BCUT2D eigenvalue weighted by molar-refractivity contribution is 5.95. The van der Waals surface area contributed by atoms with Gasteiger partial charge in [-0.1, -0.05) is 12.1 Å². The summed E-state index contributed by atoms with van der Waals surface area (Å²) in [6.07, 6.45) is 8.54. The molecular weight excluding hydrogens is 324 g/mol. The van der Waals surface area contributed by atoms with Gasteiger partial charge in [0.05, 0.1) is 0 Å². The predicted octanol–water partition coefficient (Wildman–Crippen LogP) is 3.18. The number of hydrogen-bond donors (Lipinski definition) is 0. The molecule has 0 radical (unpaired) electrons. The SMILES string of the molecule is CC1CCCN1CC1CCCN1C(=O)c1ccc(-c2nccn2C)cc1. The Morgan fingerprint density at radius 2 is 1.92 bits per heavy atom. The third-order valence-corrected chi connectivity index (χ3v) is 5.99. The lowest BCUT2D eigenvalue weighted by molar-refractivity contribution is 0.0697. The Bertz CT molecular complexity index is 767. The van der Waals surface area contributed by atoms with Gasteiger partial charge in [0, 0.05) is 55.7 Å². The second kappa shape index (κ2) is 7.23. The molecule has 1 aromatic heterocycles. The van der Waals surface area contributed by atoms with E-state index in [1.165, 1.54) is 19.4 Å². The van der Waals surface area contributed by atoms with Crippen LogP contribution in [0, 0.1) is 0 Å². The third-order valence-electron chi connectivity index (χ3n) is 5.99. The van der Waals surface area contributed by atoms with E-state index in [9.17, 15) is 4.79 Å². The minimum Gasteiger partial charge on any atom is -0.334 e. The number of aromatic nitrogens is 2. The van der Waals surface area contributed by atoms with Crippen LogP contribution in [0.2, 0.25) is 0 Å². The third kappa shape index (κ3) is 3.28. The first kappa shape index (κ1) is 17.3. The van der Waals surface area contributed by atoms with Crippen molar-refractivity contribution in [1.29, 1.82) is 0 Å². The first-order valence-corrected chi connectivity index (χ1v) is 9.76. The second-order valence-electron chi connectivity index (χ2n) is 7.72. The molecule has 3 heterocycles. The van der Waals surface area contributed by atoms with Gasteiger partial charge in [0.1, 0.15) is 5.82 Å². The zero-order valence-corrected chi connectivity index (χ0v) is 15.8. The summed E-state index contributed by atoms with van der Waals surface area (Å²) < 4.78 is 1.99. The zero-order chi connectivity index (χ0) is 18.1. The van der Waals surface area contributed by atoms with Crippen molar-refractivity contribution in [1.82, 2.24) is 19.4 Å². The Hall–Kier alpha value is -2.14. The van der Waals surface area contributed by atoms with Crippen molar-refractivity contribution in [3.63, 3.8) is 0 Å². The van der Waals surface area contributed by atoms with Gasteiger partial charge in [-0.05, 0) is 51.3 Å². The maximum absolute atomic E-state index is 13.1. The fourth-order valence-corrected chi connectivity index (χ4v) is 4.40. The van der Waals surface area contributed by atoms with E-state index in [4.69, 9.17) is 0 Å². The van der Waals surface area contributed by atoms with E-state index in [1.54, 1.807) is 6.20 Å². The van der Waals surface area contributed by atoms with Crippen LogP contribution >= 0.6 is 0 Å². The maximum atomic E-state index is 13.1. The lowest BCUT2D eigenvalue weighted by Crippen LogP contribution is -2.44. The summed E-state index contributed by atoms with van der Waals surface area (Å²) in [5.74, 6) is 1.09. The molecule has 0 N–H and O–H groups in total. The molecule has 2 aliphatic rings. The normalized spacial score (nSPS) is 23.7. The number of imidazole rings is 1. The largest absolute Gasteiger partial charge is 0.334 e. The molecule has 26 heavy (non-hydrogen) atoms. The first-order chi connectivity index (χ1) is 12.6. The van der Waals surface area contributed by atoms with Crippen LogP contribution in [-0.4, -0.2) is 57.0 Å². The highest BCUT2D eigenvalue weighted by atomic mass is 16.2. The maximum Gasteiger partial charge on any atom is 0.254 e. The fraction of sp³-hybridized carbons (Fsp3) is 0.524. The number of carbonyl (C=O) groups excluding carboxylic acids is 1. The summed E-state index contributed by atoms with van der Waals surface area (Å²) in [6, 6.07) is 8.91. The van der Waals surface area contributed by atoms with E-state index < -0.39 is 0 Å². The minimum absolute atomic E-state index is 0.172. The average molecular weight is 352 g/mol. The molecule has 2 saturated heterocycles. The Morgan fingerprint density at radius 1 is 1.15 bits per heavy atom. The van der Waals surface area contributed by atoms with Gasteiger partial charge in [-0.25, -0.2) is 4.98 Å². The number of benzene rings is 1. The first-order valence-electron chi connectivity index (χ1n) is 9.76. The molecule has 5 nitrogen and oxygen atoms in total. The molecule has 1 aromatic carbocycles. The number of aryl methyl sites for hydroxylation is 1. The fourth-order valence-electron chi connectivity index (χ4n) is 4.40. The highest BCUT2D eigenvalue weighted by Crippen LogP contribution is 2.25. The van der Waals surface area contributed by atoms with Gasteiger partial charge in [-0.3, -0.25) is 9.69 Å². The number of amides is 1. The Kier molecular flexibility index (Phi) is 4.81. The molecular formula is C21H28N4O. The van der Waals surface area contributed by atoms with E-state index >= 15 is 0 Å². The molecule has 1 amide bonds. The Morgan fingerprint density at radius 3 is 2.58 bits per heavy atom. The van der Waals surface area contributed by atoms with Crippen LogP contribution in [0.3, 0.4) is 0 Å². The number of rotatable bonds is 4. The van der Waals surface area contributed by atoms with Gasteiger partial charge in [0.25, 0.3) is 5.91 Å². The van der Waals surface area contributed by atoms with Gasteiger partial charge >= 0.3 is 0 Å². The molecule has 0 aliphatic carbocycles. The Balaban J connectivity index is 1.47. The van der Waals surface area contributed by atoms with Gasteiger partial charge in [-0.15, -0.1) is 0 Å². The number of carbonyl (C=O) groups is 1. The van der Waals surface area contributed by atoms with E-state index in [0.29, 0.717) is 12.1 Å². The van der Waals surface area contributed by atoms with E-state index in [-0.39, 0.29) is 5.91 Å². The molecule has 0 spiro atoms. The summed E-state index contributed by atoms with van der Waals surface area (Å²) in [5, 5.41) is 0. The summed E-state index contributed by atoms with van der Waals surface area (Å²) in [4.78, 5) is 22.1. The van der Waals surface area contributed by atoms with Gasteiger partial charge in [0.15, 0.2) is 0 Å². The van der Waals surface area contributed by atoms with Crippen molar-refractivity contribution in [2.75, 3.05) is 19.6 Å². The predicted molar refractivity (Wildman–Crippen MR) is 103 cm³/mol. The van der Waals surface area contributed by atoms with Crippen molar-refractivity contribution in [3.05, 3.63) is 42.2 Å². The van der Waals surface area contributed by atoms with Crippen LogP contribution < -0.4 is 0 Å². The van der Waals surface area contributed by atoms with Crippen molar-refractivity contribution in [2.24, 2.45) is 7.05 Å².